The second-order valence-electron chi connectivity index (χ2n) is 6.70. The molecule has 0 saturated heterocycles. The molecular weight excluding hydrogens is 390 g/mol. The summed E-state index contributed by atoms with van der Waals surface area (Å²) in [5.41, 5.74) is 7.50. The van der Waals surface area contributed by atoms with Crippen molar-refractivity contribution in [3.8, 4) is 5.75 Å². The van der Waals surface area contributed by atoms with Crippen molar-refractivity contribution < 1.29 is 23.1 Å². The van der Waals surface area contributed by atoms with Crippen molar-refractivity contribution in [3.05, 3.63) is 64.7 Å². The van der Waals surface area contributed by atoms with Crippen LogP contribution in [0.1, 0.15) is 46.8 Å². The van der Waals surface area contributed by atoms with E-state index in [1.54, 1.807) is 12.2 Å². The number of unbranched alkanes of at least 4 members (excludes halogenated alkanes) is 1. The van der Waals surface area contributed by atoms with Gasteiger partial charge < -0.3 is 15.6 Å². The van der Waals surface area contributed by atoms with Crippen molar-refractivity contribution >= 4 is 21.9 Å². The van der Waals surface area contributed by atoms with Gasteiger partial charge in [-0.05, 0) is 42.2 Å². The van der Waals surface area contributed by atoms with Gasteiger partial charge in [-0.3, -0.25) is 0 Å². The Bertz CT molecular complexity index is 979. The zero-order valence-corrected chi connectivity index (χ0v) is 17.5. The van der Waals surface area contributed by atoms with Gasteiger partial charge in [0.1, 0.15) is 11.3 Å². The zero-order valence-electron chi connectivity index (χ0n) is 16.7. The summed E-state index contributed by atoms with van der Waals surface area (Å²) in [5.74, 6) is -1.25. The van der Waals surface area contributed by atoms with Crippen LogP contribution in [0.25, 0.3) is 6.08 Å². The number of rotatable bonds is 9. The Labute approximate surface area is 171 Å². The molecule has 0 spiro atoms. The summed E-state index contributed by atoms with van der Waals surface area (Å²) in [5, 5.41) is 10.1. The molecule has 0 fully saturated rings. The standard InChI is InChI=1S/C22H27NO5S/c1-3-4-13-28-22(25)21-16(2)20(12-11-19(21)24)29(26,27)14-5-6-17-7-9-18(15-23)10-8-17/h5-12,24H,3-4,13-15,23H2,1-2H3. The highest BCUT2D eigenvalue weighted by atomic mass is 32.2. The van der Waals surface area contributed by atoms with Crippen LogP contribution in [-0.4, -0.2) is 31.9 Å². The minimum atomic E-state index is -3.70. The lowest BCUT2D eigenvalue weighted by Crippen LogP contribution is -2.13. The van der Waals surface area contributed by atoms with E-state index in [1.807, 2.05) is 31.2 Å². The normalized spacial score (nSPS) is 11.7. The minimum absolute atomic E-state index is 0.000807. The van der Waals surface area contributed by atoms with Crippen molar-refractivity contribution in [2.24, 2.45) is 5.73 Å². The largest absolute Gasteiger partial charge is 0.507 e. The fourth-order valence-electron chi connectivity index (χ4n) is 2.82. The highest BCUT2D eigenvalue weighted by molar-refractivity contribution is 7.91. The van der Waals surface area contributed by atoms with Gasteiger partial charge in [0.05, 0.1) is 17.3 Å². The van der Waals surface area contributed by atoms with E-state index in [0.717, 1.165) is 17.5 Å². The molecule has 3 N–H and O–H groups in total. The Morgan fingerprint density at radius 2 is 1.86 bits per heavy atom. The van der Waals surface area contributed by atoms with Gasteiger partial charge in [-0.25, -0.2) is 13.2 Å². The predicted octanol–water partition coefficient (Wildman–Crippen LogP) is 3.60. The molecule has 2 aromatic carbocycles. The molecule has 2 aromatic rings. The van der Waals surface area contributed by atoms with Gasteiger partial charge in [0, 0.05) is 6.54 Å². The molecule has 0 atom stereocenters. The first-order chi connectivity index (χ1) is 13.8. The Hall–Kier alpha value is -2.64. The maximum absolute atomic E-state index is 12.8. The van der Waals surface area contributed by atoms with Crippen molar-refractivity contribution in [2.75, 3.05) is 12.4 Å². The number of hydrogen-bond acceptors (Lipinski definition) is 6. The van der Waals surface area contributed by atoms with Crippen LogP contribution in [-0.2, 0) is 21.1 Å². The number of carbonyl (C=O) groups is 1. The van der Waals surface area contributed by atoms with Crippen LogP contribution >= 0.6 is 0 Å². The number of phenols is 1. The average molecular weight is 418 g/mol. The summed E-state index contributed by atoms with van der Waals surface area (Å²) in [6, 6.07) is 10.0. The highest BCUT2D eigenvalue weighted by Crippen LogP contribution is 2.28. The molecule has 0 aromatic heterocycles. The zero-order chi connectivity index (χ0) is 21.4. The molecule has 0 radical (unpaired) electrons. The number of ether oxygens (including phenoxy) is 1. The fourth-order valence-corrected chi connectivity index (χ4v) is 4.19. The van der Waals surface area contributed by atoms with E-state index in [4.69, 9.17) is 10.5 Å². The number of nitrogens with two attached hydrogens (primary N) is 1. The third-order valence-corrected chi connectivity index (χ3v) is 6.25. The van der Waals surface area contributed by atoms with Gasteiger partial charge in [0.25, 0.3) is 0 Å². The van der Waals surface area contributed by atoms with Gasteiger partial charge >= 0.3 is 5.97 Å². The Kier molecular flexibility index (Phi) is 7.99. The second kappa shape index (κ2) is 10.2. The fraction of sp³-hybridized carbons (Fsp3) is 0.318. The van der Waals surface area contributed by atoms with E-state index >= 15 is 0 Å². The number of hydrogen-bond donors (Lipinski definition) is 2. The van der Waals surface area contributed by atoms with Crippen LogP contribution in [0.5, 0.6) is 5.75 Å². The summed E-state index contributed by atoms with van der Waals surface area (Å²) >= 11 is 0. The Balaban J connectivity index is 2.21. The quantitative estimate of drug-likeness (QED) is 0.477. The first-order valence-electron chi connectivity index (χ1n) is 9.48. The summed E-state index contributed by atoms with van der Waals surface area (Å²) in [6.07, 6.45) is 4.82. The van der Waals surface area contributed by atoms with Crippen molar-refractivity contribution in [2.45, 2.75) is 38.1 Å². The molecule has 0 heterocycles. The molecular formula is C22H27NO5S. The predicted molar refractivity (Wildman–Crippen MR) is 113 cm³/mol. The number of sulfone groups is 1. The summed E-state index contributed by atoms with van der Waals surface area (Å²) in [6.45, 7) is 4.13. The van der Waals surface area contributed by atoms with Crippen LogP contribution < -0.4 is 5.73 Å². The van der Waals surface area contributed by atoms with Gasteiger partial charge in [-0.2, -0.15) is 0 Å². The van der Waals surface area contributed by atoms with Crippen LogP contribution in [0.3, 0.4) is 0 Å². The molecule has 2 rings (SSSR count). The van der Waals surface area contributed by atoms with Crippen molar-refractivity contribution in [1.29, 1.82) is 0 Å². The summed E-state index contributed by atoms with van der Waals surface area (Å²) in [4.78, 5) is 12.3. The third-order valence-electron chi connectivity index (χ3n) is 4.50. The number of esters is 1. The van der Waals surface area contributed by atoms with E-state index in [2.05, 4.69) is 0 Å². The highest BCUT2D eigenvalue weighted by Gasteiger charge is 2.24. The first kappa shape index (κ1) is 22.6. The van der Waals surface area contributed by atoms with Gasteiger partial charge in [0.2, 0.25) is 0 Å². The third kappa shape index (κ3) is 5.92. The molecule has 0 amide bonds. The van der Waals surface area contributed by atoms with Crippen LogP contribution in [0, 0.1) is 6.92 Å². The van der Waals surface area contributed by atoms with E-state index in [-0.39, 0.29) is 34.1 Å². The first-order valence-corrected chi connectivity index (χ1v) is 11.1. The molecule has 0 aliphatic carbocycles. The molecule has 29 heavy (non-hydrogen) atoms. The monoisotopic (exact) mass is 417 g/mol. The lowest BCUT2D eigenvalue weighted by atomic mass is 10.1. The SMILES string of the molecule is CCCCOC(=O)c1c(O)ccc(S(=O)(=O)CC=Cc2ccc(CN)cc2)c1C. The molecule has 0 aliphatic heterocycles. The molecule has 6 nitrogen and oxygen atoms in total. The molecule has 0 aliphatic rings. The Morgan fingerprint density at radius 1 is 1.17 bits per heavy atom. The van der Waals surface area contributed by atoms with E-state index in [1.165, 1.54) is 19.1 Å². The molecule has 156 valence electrons. The lowest BCUT2D eigenvalue weighted by Gasteiger charge is -2.12. The Morgan fingerprint density at radius 3 is 2.48 bits per heavy atom. The van der Waals surface area contributed by atoms with E-state index in [9.17, 15) is 18.3 Å². The molecule has 0 bridgehead atoms. The van der Waals surface area contributed by atoms with Crippen LogP contribution in [0.4, 0.5) is 0 Å². The lowest BCUT2D eigenvalue weighted by molar-refractivity contribution is 0.0495. The summed E-state index contributed by atoms with van der Waals surface area (Å²) in [7, 11) is -3.70. The van der Waals surface area contributed by atoms with Gasteiger partial charge in [-0.15, -0.1) is 0 Å². The van der Waals surface area contributed by atoms with Crippen LogP contribution in [0.15, 0.2) is 47.4 Å². The van der Waals surface area contributed by atoms with Crippen molar-refractivity contribution in [3.63, 3.8) is 0 Å². The van der Waals surface area contributed by atoms with Crippen LogP contribution in [0.2, 0.25) is 0 Å². The van der Waals surface area contributed by atoms with Gasteiger partial charge in [0.15, 0.2) is 9.84 Å². The number of phenolic OH excluding ortho intramolecular Hbond substituents is 1. The molecule has 0 saturated carbocycles. The smallest absolute Gasteiger partial charge is 0.342 e. The maximum Gasteiger partial charge on any atom is 0.342 e. The number of benzene rings is 2. The van der Waals surface area contributed by atoms with Crippen molar-refractivity contribution in [1.82, 2.24) is 0 Å². The van der Waals surface area contributed by atoms with E-state index < -0.39 is 15.8 Å². The summed E-state index contributed by atoms with van der Waals surface area (Å²) < 4.78 is 30.7. The minimum Gasteiger partial charge on any atom is -0.507 e. The number of aromatic hydroxyl groups is 1. The average Bonchev–Trinajstić information content (AvgIpc) is 2.68. The number of carbonyl (C=O) groups excluding carboxylic acids is 1. The molecule has 0 unspecified atom stereocenters. The molecule has 7 heteroatoms. The maximum atomic E-state index is 12.8. The van der Waals surface area contributed by atoms with E-state index in [0.29, 0.717) is 13.0 Å². The topological polar surface area (TPSA) is 107 Å². The van der Waals surface area contributed by atoms with Gasteiger partial charge in [-0.1, -0.05) is 49.8 Å². The second-order valence-corrected chi connectivity index (χ2v) is 8.70.